The Bertz CT molecular complexity index is 653. The van der Waals surface area contributed by atoms with E-state index in [1.54, 1.807) is 4.68 Å². The average molecular weight is 286 g/mol. The van der Waals surface area contributed by atoms with Gasteiger partial charge in [0.25, 0.3) is 0 Å². The molecule has 2 atom stereocenters. The van der Waals surface area contributed by atoms with E-state index in [2.05, 4.69) is 33.7 Å². The standard InChI is InChI=1S/C15H18N4O2/c1-10(9-14(20)21)19-15(16-17-18-19)13-8-4-6-11-5-2-3-7-12(11)13/h2-3,5,7,10,13H,4,6,8-9H2,1H3,(H,20,21). The Hall–Kier alpha value is -2.24. The molecule has 1 N–H and O–H groups in total. The summed E-state index contributed by atoms with van der Waals surface area (Å²) in [5, 5.41) is 20.9. The van der Waals surface area contributed by atoms with E-state index in [1.165, 1.54) is 11.1 Å². The van der Waals surface area contributed by atoms with Crippen LogP contribution >= 0.6 is 0 Å². The molecule has 3 rings (SSSR count). The van der Waals surface area contributed by atoms with Crippen molar-refractivity contribution in [1.82, 2.24) is 20.2 Å². The Kier molecular flexibility index (Phi) is 3.68. The molecular formula is C15H18N4O2. The number of fused-ring (bicyclic) bond motifs is 1. The lowest BCUT2D eigenvalue weighted by atomic mass is 9.82. The minimum Gasteiger partial charge on any atom is -0.481 e. The van der Waals surface area contributed by atoms with Crippen LogP contribution in [0.3, 0.4) is 0 Å². The van der Waals surface area contributed by atoms with Gasteiger partial charge in [-0.1, -0.05) is 24.3 Å². The largest absolute Gasteiger partial charge is 0.481 e. The maximum absolute atomic E-state index is 10.9. The number of carbonyl (C=O) groups is 1. The summed E-state index contributed by atoms with van der Waals surface area (Å²) in [6.07, 6.45) is 3.20. The summed E-state index contributed by atoms with van der Waals surface area (Å²) in [6, 6.07) is 8.11. The maximum Gasteiger partial charge on any atom is 0.305 e. The van der Waals surface area contributed by atoms with E-state index < -0.39 is 5.97 Å². The number of hydrogen-bond acceptors (Lipinski definition) is 4. The zero-order valence-electron chi connectivity index (χ0n) is 11.9. The molecule has 1 heterocycles. The molecule has 0 bridgehead atoms. The van der Waals surface area contributed by atoms with E-state index in [0.717, 1.165) is 25.1 Å². The van der Waals surface area contributed by atoms with Crippen LogP contribution < -0.4 is 0 Å². The SMILES string of the molecule is CC(CC(=O)O)n1nnnc1C1CCCc2ccccc21. The molecule has 0 aliphatic heterocycles. The van der Waals surface area contributed by atoms with E-state index in [0.29, 0.717) is 0 Å². The molecule has 2 unspecified atom stereocenters. The number of rotatable bonds is 4. The first-order valence-electron chi connectivity index (χ1n) is 7.24. The molecule has 0 radical (unpaired) electrons. The number of aromatic nitrogens is 4. The zero-order chi connectivity index (χ0) is 14.8. The first-order valence-corrected chi connectivity index (χ1v) is 7.24. The van der Waals surface area contributed by atoms with Crippen LogP contribution in [-0.4, -0.2) is 31.3 Å². The third kappa shape index (κ3) is 2.66. The van der Waals surface area contributed by atoms with Crippen LogP contribution in [-0.2, 0) is 11.2 Å². The monoisotopic (exact) mass is 286 g/mol. The van der Waals surface area contributed by atoms with Crippen LogP contribution in [0.4, 0.5) is 0 Å². The summed E-state index contributed by atoms with van der Waals surface area (Å²) < 4.78 is 1.67. The van der Waals surface area contributed by atoms with Gasteiger partial charge in [-0.05, 0) is 47.7 Å². The fraction of sp³-hybridized carbons (Fsp3) is 0.467. The molecule has 1 aromatic carbocycles. The first-order chi connectivity index (χ1) is 10.2. The highest BCUT2D eigenvalue weighted by molar-refractivity contribution is 5.67. The molecule has 6 heteroatoms. The Labute approximate surface area is 122 Å². The van der Waals surface area contributed by atoms with Crippen LogP contribution in [0.15, 0.2) is 24.3 Å². The van der Waals surface area contributed by atoms with Gasteiger partial charge in [-0.15, -0.1) is 5.10 Å². The molecule has 1 aliphatic rings. The number of nitrogens with zero attached hydrogens (tertiary/aromatic N) is 4. The summed E-state index contributed by atoms with van der Waals surface area (Å²) in [5.74, 6) is 0.0880. The second-order valence-electron chi connectivity index (χ2n) is 5.57. The van der Waals surface area contributed by atoms with E-state index in [9.17, 15) is 4.79 Å². The van der Waals surface area contributed by atoms with Crippen LogP contribution in [0, 0.1) is 0 Å². The van der Waals surface area contributed by atoms with Crippen molar-refractivity contribution in [1.29, 1.82) is 0 Å². The topological polar surface area (TPSA) is 80.9 Å². The highest BCUT2D eigenvalue weighted by Crippen LogP contribution is 2.36. The number of carboxylic acid groups (broad SMARTS) is 1. The van der Waals surface area contributed by atoms with E-state index in [1.807, 2.05) is 13.0 Å². The molecule has 21 heavy (non-hydrogen) atoms. The molecule has 0 fully saturated rings. The van der Waals surface area contributed by atoms with Gasteiger partial charge in [0, 0.05) is 5.92 Å². The predicted octanol–water partition coefficient (Wildman–Crippen LogP) is 2.18. The Morgan fingerprint density at radius 3 is 3.10 bits per heavy atom. The molecule has 0 saturated carbocycles. The highest BCUT2D eigenvalue weighted by Gasteiger charge is 2.28. The van der Waals surface area contributed by atoms with Crippen molar-refractivity contribution >= 4 is 5.97 Å². The lowest BCUT2D eigenvalue weighted by Gasteiger charge is -2.25. The molecular weight excluding hydrogens is 268 g/mol. The maximum atomic E-state index is 10.9. The molecule has 0 amide bonds. The van der Waals surface area contributed by atoms with Crippen molar-refractivity contribution in [3.63, 3.8) is 0 Å². The lowest BCUT2D eigenvalue weighted by molar-refractivity contribution is -0.137. The highest BCUT2D eigenvalue weighted by atomic mass is 16.4. The molecule has 1 aromatic heterocycles. The lowest BCUT2D eigenvalue weighted by Crippen LogP contribution is -2.20. The van der Waals surface area contributed by atoms with Crippen molar-refractivity contribution in [2.45, 2.75) is 44.6 Å². The number of carboxylic acids is 1. The van der Waals surface area contributed by atoms with Gasteiger partial charge in [0.05, 0.1) is 12.5 Å². The number of benzene rings is 1. The van der Waals surface area contributed by atoms with E-state index in [-0.39, 0.29) is 18.4 Å². The molecule has 6 nitrogen and oxygen atoms in total. The second kappa shape index (κ2) is 5.63. The fourth-order valence-electron chi connectivity index (χ4n) is 3.11. The Balaban J connectivity index is 1.96. The molecule has 0 saturated heterocycles. The van der Waals surface area contributed by atoms with E-state index >= 15 is 0 Å². The predicted molar refractivity (Wildman–Crippen MR) is 76.0 cm³/mol. The van der Waals surface area contributed by atoms with Gasteiger partial charge in [0.2, 0.25) is 0 Å². The molecule has 1 aliphatic carbocycles. The summed E-state index contributed by atoms with van der Waals surface area (Å²) >= 11 is 0. The molecule has 2 aromatic rings. The van der Waals surface area contributed by atoms with Gasteiger partial charge in [-0.2, -0.15) is 0 Å². The average Bonchev–Trinajstić information content (AvgIpc) is 2.95. The third-order valence-electron chi connectivity index (χ3n) is 4.09. The Morgan fingerprint density at radius 2 is 2.29 bits per heavy atom. The summed E-state index contributed by atoms with van der Waals surface area (Å²) in [6.45, 7) is 1.84. The fourth-order valence-corrected chi connectivity index (χ4v) is 3.11. The van der Waals surface area contributed by atoms with Crippen LogP contribution in [0.1, 0.15) is 55.1 Å². The van der Waals surface area contributed by atoms with Crippen LogP contribution in [0.5, 0.6) is 0 Å². The van der Waals surface area contributed by atoms with Crippen molar-refractivity contribution < 1.29 is 9.90 Å². The minimum atomic E-state index is -0.840. The number of tetrazole rings is 1. The van der Waals surface area contributed by atoms with E-state index in [4.69, 9.17) is 5.11 Å². The summed E-state index contributed by atoms with van der Waals surface area (Å²) in [5.41, 5.74) is 2.61. The van der Waals surface area contributed by atoms with Crippen LogP contribution in [0.2, 0.25) is 0 Å². The van der Waals surface area contributed by atoms with Gasteiger partial charge in [0.1, 0.15) is 0 Å². The number of aliphatic carboxylic acids is 1. The number of hydrogen-bond donors (Lipinski definition) is 1. The van der Waals surface area contributed by atoms with Gasteiger partial charge >= 0.3 is 5.97 Å². The molecule has 110 valence electrons. The second-order valence-corrected chi connectivity index (χ2v) is 5.57. The quantitative estimate of drug-likeness (QED) is 0.931. The first kappa shape index (κ1) is 13.7. The van der Waals surface area contributed by atoms with Gasteiger partial charge < -0.3 is 5.11 Å². The summed E-state index contributed by atoms with van der Waals surface area (Å²) in [7, 11) is 0. The number of aryl methyl sites for hydroxylation is 1. The van der Waals surface area contributed by atoms with Crippen LogP contribution in [0.25, 0.3) is 0 Å². The van der Waals surface area contributed by atoms with Crippen molar-refractivity contribution in [2.24, 2.45) is 0 Å². The van der Waals surface area contributed by atoms with Gasteiger partial charge in [-0.3, -0.25) is 4.79 Å². The minimum absolute atomic E-state index is 0.0202. The third-order valence-corrected chi connectivity index (χ3v) is 4.09. The molecule has 0 spiro atoms. The van der Waals surface area contributed by atoms with Crippen molar-refractivity contribution in [3.05, 3.63) is 41.2 Å². The van der Waals surface area contributed by atoms with Gasteiger partial charge in [0.15, 0.2) is 5.82 Å². The van der Waals surface area contributed by atoms with Crippen molar-refractivity contribution in [2.75, 3.05) is 0 Å². The summed E-state index contributed by atoms with van der Waals surface area (Å²) in [4.78, 5) is 10.9. The van der Waals surface area contributed by atoms with Crippen molar-refractivity contribution in [3.8, 4) is 0 Å². The zero-order valence-corrected chi connectivity index (χ0v) is 11.9. The smallest absolute Gasteiger partial charge is 0.305 e. The Morgan fingerprint density at radius 1 is 1.48 bits per heavy atom. The van der Waals surface area contributed by atoms with Gasteiger partial charge in [-0.25, -0.2) is 4.68 Å². The normalized spacial score (nSPS) is 19.0.